The van der Waals surface area contributed by atoms with Crippen LogP contribution in [0, 0.1) is 11.3 Å². The minimum Gasteiger partial charge on any atom is -0.425 e. The van der Waals surface area contributed by atoms with Crippen molar-refractivity contribution >= 4 is 17.6 Å². The van der Waals surface area contributed by atoms with E-state index in [1.807, 2.05) is 13.0 Å². The van der Waals surface area contributed by atoms with Gasteiger partial charge in [0, 0.05) is 19.7 Å². The van der Waals surface area contributed by atoms with Gasteiger partial charge in [0.05, 0.1) is 5.56 Å². The van der Waals surface area contributed by atoms with E-state index in [2.05, 4.69) is 5.32 Å². The van der Waals surface area contributed by atoms with Crippen LogP contribution in [0.2, 0.25) is 0 Å². The number of ether oxygens (including phenoxy) is 2. The minimum atomic E-state index is -0.933. The number of benzene rings is 1. The van der Waals surface area contributed by atoms with E-state index in [1.165, 1.54) is 26.2 Å². The standard InChI is InChI=1S/C17H22N2O4/c1-5-6-9-17(3,22-4)16(21)19-14-7-8-15(23-12(2)20)13(10-14)11-18/h7-8,10H,5-6,9H2,1-4H3,(H,19,21). The summed E-state index contributed by atoms with van der Waals surface area (Å²) >= 11 is 0. The molecule has 1 aromatic rings. The Morgan fingerprint density at radius 3 is 2.61 bits per heavy atom. The Morgan fingerprint density at radius 2 is 2.09 bits per heavy atom. The molecule has 0 radical (unpaired) electrons. The van der Waals surface area contributed by atoms with E-state index in [9.17, 15) is 9.59 Å². The SMILES string of the molecule is CCCCC(C)(OC)C(=O)Nc1ccc(OC(C)=O)c(C#N)c1. The molecule has 0 saturated heterocycles. The van der Waals surface area contributed by atoms with E-state index in [0.29, 0.717) is 12.1 Å². The maximum Gasteiger partial charge on any atom is 0.308 e. The number of esters is 1. The van der Waals surface area contributed by atoms with E-state index >= 15 is 0 Å². The van der Waals surface area contributed by atoms with Crippen LogP contribution in [0.15, 0.2) is 18.2 Å². The summed E-state index contributed by atoms with van der Waals surface area (Å²) in [7, 11) is 1.50. The van der Waals surface area contributed by atoms with Gasteiger partial charge in [-0.1, -0.05) is 19.8 Å². The van der Waals surface area contributed by atoms with Gasteiger partial charge in [-0.2, -0.15) is 5.26 Å². The molecule has 1 rings (SSSR count). The van der Waals surface area contributed by atoms with E-state index in [0.717, 1.165) is 12.8 Å². The highest BCUT2D eigenvalue weighted by molar-refractivity contribution is 5.97. The molecule has 0 heterocycles. The van der Waals surface area contributed by atoms with E-state index in [-0.39, 0.29) is 17.2 Å². The third-order valence-corrected chi connectivity index (χ3v) is 3.55. The smallest absolute Gasteiger partial charge is 0.308 e. The quantitative estimate of drug-likeness (QED) is 0.616. The predicted molar refractivity (Wildman–Crippen MR) is 86.0 cm³/mol. The second-order valence-corrected chi connectivity index (χ2v) is 5.41. The number of carbonyl (C=O) groups is 2. The van der Waals surface area contributed by atoms with Crippen LogP contribution in [0.3, 0.4) is 0 Å². The van der Waals surface area contributed by atoms with Crippen LogP contribution in [0.5, 0.6) is 5.75 Å². The van der Waals surface area contributed by atoms with Crippen molar-refractivity contribution in [2.24, 2.45) is 0 Å². The highest BCUT2D eigenvalue weighted by Gasteiger charge is 2.32. The molecule has 124 valence electrons. The molecule has 1 aromatic carbocycles. The number of amides is 1. The maximum atomic E-state index is 12.4. The average molecular weight is 318 g/mol. The summed E-state index contributed by atoms with van der Waals surface area (Å²) in [6.45, 7) is 5.03. The number of anilines is 1. The zero-order chi connectivity index (χ0) is 17.5. The van der Waals surface area contributed by atoms with E-state index < -0.39 is 11.6 Å². The summed E-state index contributed by atoms with van der Waals surface area (Å²) in [5.74, 6) is -0.624. The van der Waals surface area contributed by atoms with Crippen molar-refractivity contribution in [1.29, 1.82) is 5.26 Å². The number of carbonyl (C=O) groups excluding carboxylic acids is 2. The molecule has 0 spiro atoms. The second-order valence-electron chi connectivity index (χ2n) is 5.41. The van der Waals surface area contributed by atoms with Crippen molar-refractivity contribution in [3.05, 3.63) is 23.8 Å². The Morgan fingerprint density at radius 1 is 1.39 bits per heavy atom. The molecule has 0 saturated carbocycles. The van der Waals surface area contributed by atoms with Gasteiger partial charge in [0.2, 0.25) is 0 Å². The molecule has 1 unspecified atom stereocenters. The number of nitrogens with zero attached hydrogens (tertiary/aromatic N) is 1. The van der Waals surface area contributed by atoms with Crippen molar-refractivity contribution in [3.8, 4) is 11.8 Å². The Balaban J connectivity index is 2.94. The number of nitriles is 1. The average Bonchev–Trinajstić information content (AvgIpc) is 2.53. The van der Waals surface area contributed by atoms with Crippen LogP contribution in [0.4, 0.5) is 5.69 Å². The molecular weight excluding hydrogens is 296 g/mol. The normalized spacial score (nSPS) is 12.8. The fourth-order valence-corrected chi connectivity index (χ4v) is 2.02. The lowest BCUT2D eigenvalue weighted by Crippen LogP contribution is -2.41. The van der Waals surface area contributed by atoms with Crippen LogP contribution in [0.25, 0.3) is 0 Å². The van der Waals surface area contributed by atoms with Crippen LogP contribution in [-0.2, 0) is 14.3 Å². The first-order valence-electron chi connectivity index (χ1n) is 7.45. The lowest BCUT2D eigenvalue weighted by atomic mass is 9.97. The Kier molecular flexibility index (Phi) is 6.73. The Hall–Kier alpha value is -2.39. The van der Waals surface area contributed by atoms with Gasteiger partial charge in [0.1, 0.15) is 17.4 Å². The predicted octanol–water partition coefficient (Wildman–Crippen LogP) is 3.02. The second kappa shape index (κ2) is 8.30. The zero-order valence-corrected chi connectivity index (χ0v) is 13.9. The van der Waals surface area contributed by atoms with Gasteiger partial charge in [0.15, 0.2) is 0 Å². The molecule has 0 aliphatic rings. The van der Waals surface area contributed by atoms with Crippen molar-refractivity contribution < 1.29 is 19.1 Å². The molecule has 1 atom stereocenters. The van der Waals surface area contributed by atoms with Crippen LogP contribution in [0.1, 0.15) is 45.6 Å². The third kappa shape index (κ3) is 5.08. The van der Waals surface area contributed by atoms with Gasteiger partial charge in [-0.25, -0.2) is 0 Å². The van der Waals surface area contributed by atoms with Crippen LogP contribution < -0.4 is 10.1 Å². The van der Waals surface area contributed by atoms with Gasteiger partial charge in [-0.3, -0.25) is 9.59 Å². The molecule has 0 aromatic heterocycles. The number of nitrogens with one attached hydrogen (secondary N) is 1. The van der Waals surface area contributed by atoms with E-state index in [4.69, 9.17) is 14.7 Å². The summed E-state index contributed by atoms with van der Waals surface area (Å²) < 4.78 is 10.3. The Bertz CT molecular complexity index is 622. The first-order chi connectivity index (χ1) is 10.9. The summed E-state index contributed by atoms with van der Waals surface area (Å²) in [5.41, 5.74) is -0.315. The van der Waals surface area contributed by atoms with Crippen molar-refractivity contribution in [1.82, 2.24) is 0 Å². The fraction of sp³-hybridized carbons (Fsp3) is 0.471. The molecule has 0 aliphatic carbocycles. The number of methoxy groups -OCH3 is 1. The lowest BCUT2D eigenvalue weighted by Gasteiger charge is -2.26. The fourth-order valence-electron chi connectivity index (χ4n) is 2.02. The number of unbranched alkanes of at least 4 members (excludes halogenated alkanes) is 1. The summed E-state index contributed by atoms with van der Waals surface area (Å²) in [4.78, 5) is 23.4. The van der Waals surface area contributed by atoms with Crippen molar-refractivity contribution in [3.63, 3.8) is 0 Å². The van der Waals surface area contributed by atoms with Gasteiger partial charge < -0.3 is 14.8 Å². The molecule has 1 amide bonds. The van der Waals surface area contributed by atoms with Crippen LogP contribution in [-0.4, -0.2) is 24.6 Å². The van der Waals surface area contributed by atoms with Gasteiger partial charge in [-0.15, -0.1) is 0 Å². The van der Waals surface area contributed by atoms with Crippen molar-refractivity contribution in [2.45, 2.75) is 45.6 Å². The van der Waals surface area contributed by atoms with Gasteiger partial charge in [0.25, 0.3) is 5.91 Å². The zero-order valence-electron chi connectivity index (χ0n) is 13.9. The molecule has 0 aliphatic heterocycles. The molecular formula is C17H22N2O4. The monoisotopic (exact) mass is 318 g/mol. The molecule has 0 bridgehead atoms. The lowest BCUT2D eigenvalue weighted by molar-refractivity contribution is -0.136. The highest BCUT2D eigenvalue weighted by atomic mass is 16.5. The van der Waals surface area contributed by atoms with E-state index in [1.54, 1.807) is 13.0 Å². The van der Waals surface area contributed by atoms with Gasteiger partial charge in [-0.05, 0) is 31.5 Å². The van der Waals surface area contributed by atoms with Crippen LogP contribution >= 0.6 is 0 Å². The molecule has 6 heteroatoms. The first-order valence-corrected chi connectivity index (χ1v) is 7.45. The molecule has 0 fully saturated rings. The minimum absolute atomic E-state index is 0.165. The Labute approximate surface area is 136 Å². The highest BCUT2D eigenvalue weighted by Crippen LogP contribution is 2.25. The maximum absolute atomic E-state index is 12.4. The topological polar surface area (TPSA) is 88.4 Å². The summed E-state index contributed by atoms with van der Waals surface area (Å²) in [6, 6.07) is 6.46. The number of hydrogen-bond acceptors (Lipinski definition) is 5. The molecule has 23 heavy (non-hydrogen) atoms. The molecule has 6 nitrogen and oxygen atoms in total. The summed E-state index contributed by atoms with van der Waals surface area (Å²) in [5, 5.41) is 11.9. The number of hydrogen-bond donors (Lipinski definition) is 1. The number of rotatable bonds is 7. The summed E-state index contributed by atoms with van der Waals surface area (Å²) in [6.07, 6.45) is 2.43. The first kappa shape index (κ1) is 18.7. The third-order valence-electron chi connectivity index (χ3n) is 3.55. The molecule has 1 N–H and O–H groups in total. The van der Waals surface area contributed by atoms with Crippen molar-refractivity contribution in [2.75, 3.05) is 12.4 Å². The van der Waals surface area contributed by atoms with Gasteiger partial charge >= 0.3 is 5.97 Å². The largest absolute Gasteiger partial charge is 0.425 e.